The fourth-order valence-electron chi connectivity index (χ4n) is 15.3. The molecule has 784 valence electrons. The van der Waals surface area contributed by atoms with Crippen molar-refractivity contribution < 1.29 is 81.5 Å². The molecule has 17 amide bonds. The molecule has 0 spiro atoms. The standard InChI is InChI=1S/C94H176N26O17/c1-54(2)41-70(87(130)108-64(80(102)123)29-17-23-35-95)117-92(135)75(46-59(11)12)115-85(128)68(33-21-27-39-99)112-90(133)73(44-57(7)8)120-93(136)76(47-60(13)14)114-84(127)67(32-20-26-38-98)109-83(126)66(31-19-25-37-97)110-88(131)71(42-55(3)4)119-94(137)77(48-61(15)16)116-86(129)69(34-22-28-40-100)111-89(132)72(43-56(5)6)118-91(134)74(45-58(9)10)113-82(125)65(30-18-24-36-96)107-79(122)52-104-78(121)51-105-81(124)63(101)49-62-50-103-53-106-62/h50,53-61,63-77H,17-49,51-52,95-101H2,1-16H3,(H2,102,123)(H,103,106)(H,104,121)(H,105,124)(H,107,122)(H,108,130)(H,109,126)(H,110,131)(H,111,132)(H,112,133)(H,113,125)(H,114,127)(H,115,128)(H,116,129)(H,117,135)(H,118,134)(H,119,137)(H,120,136)/t63-,64-,65-,66-,67-,68-,69-,70-,71-,72-,73-,74-,75-,76-,77-/m0/s1. The number of carbonyl (C=O) groups excluding carboxylic acids is 17. The minimum Gasteiger partial charge on any atom is -0.368 e. The van der Waals surface area contributed by atoms with Crippen molar-refractivity contribution in [1.82, 2.24) is 95.0 Å². The van der Waals surface area contributed by atoms with Crippen LogP contribution in [0.5, 0.6) is 0 Å². The normalized spacial score (nSPS) is 14.9. The summed E-state index contributed by atoms with van der Waals surface area (Å²) >= 11 is 0. The van der Waals surface area contributed by atoms with Gasteiger partial charge in [0.2, 0.25) is 100 Å². The molecule has 0 fully saturated rings. The second-order valence-electron chi connectivity index (χ2n) is 39.4. The van der Waals surface area contributed by atoms with E-state index in [2.05, 4.69) is 95.0 Å². The summed E-state index contributed by atoms with van der Waals surface area (Å²) in [7, 11) is 0. The molecule has 1 aromatic rings. The smallest absolute Gasteiger partial charge is 0.243 e. The molecular weight excluding hydrogens is 1770 g/mol. The molecule has 1 aromatic heterocycles. The molecule has 0 radical (unpaired) electrons. The van der Waals surface area contributed by atoms with E-state index in [9.17, 15) is 81.5 Å². The fraction of sp³-hybridized carbons (Fsp3) is 0.787. The Balaban J connectivity index is 3.73. The Labute approximate surface area is 811 Å². The molecule has 0 saturated heterocycles. The Kier molecular flexibility index (Phi) is 63.5. The molecule has 15 atom stereocenters. The van der Waals surface area contributed by atoms with Gasteiger partial charge in [0.15, 0.2) is 0 Å². The molecule has 43 heteroatoms. The molecule has 43 nitrogen and oxygen atoms in total. The van der Waals surface area contributed by atoms with Crippen LogP contribution >= 0.6 is 0 Å². The van der Waals surface area contributed by atoms with Crippen molar-refractivity contribution in [2.24, 2.45) is 93.2 Å². The van der Waals surface area contributed by atoms with Crippen molar-refractivity contribution in [2.45, 2.75) is 375 Å². The van der Waals surface area contributed by atoms with Crippen molar-refractivity contribution >= 4 is 100 Å². The number of H-pyrrole nitrogens is 1. The summed E-state index contributed by atoms with van der Waals surface area (Å²) in [4.78, 5) is 249. The summed E-state index contributed by atoms with van der Waals surface area (Å²) < 4.78 is 0. The summed E-state index contributed by atoms with van der Waals surface area (Å²) in [5, 5.41) is 44.0. The Morgan fingerprint density at radius 2 is 0.445 bits per heavy atom. The lowest BCUT2D eigenvalue weighted by Crippen LogP contribution is -2.61. The molecule has 33 N–H and O–H groups in total. The third-order valence-corrected chi connectivity index (χ3v) is 22.4. The Morgan fingerprint density at radius 1 is 0.255 bits per heavy atom. The number of aromatic amines is 1. The lowest BCUT2D eigenvalue weighted by molar-refractivity contribution is -0.137. The first-order valence-electron chi connectivity index (χ1n) is 49.7. The van der Waals surface area contributed by atoms with E-state index < -0.39 is 204 Å². The molecule has 0 aromatic carbocycles. The summed E-state index contributed by atoms with van der Waals surface area (Å²) in [6.45, 7) is 29.7. The van der Waals surface area contributed by atoms with Gasteiger partial charge in [-0.2, -0.15) is 0 Å². The van der Waals surface area contributed by atoms with Gasteiger partial charge < -0.3 is 136 Å². The van der Waals surface area contributed by atoms with Crippen LogP contribution in [0.2, 0.25) is 0 Å². The van der Waals surface area contributed by atoms with Gasteiger partial charge in [-0.3, -0.25) is 81.5 Å². The highest BCUT2D eigenvalue weighted by Gasteiger charge is 2.40. The van der Waals surface area contributed by atoms with Gasteiger partial charge in [0.1, 0.15) is 84.6 Å². The van der Waals surface area contributed by atoms with Gasteiger partial charge in [-0.1, -0.05) is 111 Å². The highest BCUT2D eigenvalue weighted by Crippen LogP contribution is 2.20. The maximum Gasteiger partial charge on any atom is 0.243 e. The van der Waals surface area contributed by atoms with Gasteiger partial charge >= 0.3 is 0 Å². The number of rotatable bonds is 75. The number of aromatic nitrogens is 2. The van der Waals surface area contributed by atoms with E-state index >= 15 is 0 Å². The minimum atomic E-state index is -1.34. The van der Waals surface area contributed by atoms with Crippen molar-refractivity contribution in [1.29, 1.82) is 0 Å². The van der Waals surface area contributed by atoms with Crippen molar-refractivity contribution in [3.8, 4) is 0 Å². The Morgan fingerprint density at radius 3 is 0.642 bits per heavy atom. The molecule has 0 bridgehead atoms. The van der Waals surface area contributed by atoms with Gasteiger partial charge in [-0.25, -0.2) is 4.98 Å². The predicted octanol–water partition coefficient (Wildman–Crippen LogP) is -1.07. The predicted molar refractivity (Wildman–Crippen MR) is 526 cm³/mol. The van der Waals surface area contributed by atoms with Gasteiger partial charge in [-0.05, 0) is 254 Å². The zero-order chi connectivity index (χ0) is 104. The van der Waals surface area contributed by atoms with Crippen LogP contribution in [0.1, 0.15) is 283 Å². The number of nitrogens with zero attached hydrogens (tertiary/aromatic N) is 1. The third-order valence-electron chi connectivity index (χ3n) is 22.4. The number of unbranched alkanes of at least 4 members (excludes halogenated alkanes) is 6. The monoisotopic (exact) mass is 1940 g/mol. The Bertz CT molecular complexity index is 3810. The minimum absolute atomic E-state index is 0.00699. The van der Waals surface area contributed by atoms with Crippen molar-refractivity contribution in [3.05, 3.63) is 18.2 Å². The topological polar surface area (TPSA) is 720 Å². The number of nitrogens with two attached hydrogens (primary N) is 8. The molecule has 0 aliphatic heterocycles. The molecule has 0 unspecified atom stereocenters. The third kappa shape index (κ3) is 54.2. The highest BCUT2D eigenvalue weighted by atomic mass is 16.2. The lowest BCUT2D eigenvalue weighted by atomic mass is 9.98. The maximum atomic E-state index is 15.0. The van der Waals surface area contributed by atoms with E-state index in [1.54, 1.807) is 0 Å². The average Bonchev–Trinajstić information content (AvgIpc) is 1.18. The summed E-state index contributed by atoms with van der Waals surface area (Å²) in [6, 6.07) is -18.7. The number of amides is 17. The molecule has 0 saturated carbocycles. The zero-order valence-corrected chi connectivity index (χ0v) is 84.7. The molecular formula is C94H176N26O17. The average molecular weight is 1940 g/mol. The van der Waals surface area contributed by atoms with E-state index in [4.69, 9.17) is 45.9 Å². The van der Waals surface area contributed by atoms with Crippen molar-refractivity contribution in [2.75, 3.05) is 52.4 Å². The van der Waals surface area contributed by atoms with Crippen LogP contribution in [-0.2, 0) is 87.9 Å². The first-order valence-corrected chi connectivity index (χ1v) is 49.7. The molecule has 0 aliphatic carbocycles. The second kappa shape index (κ2) is 69.7. The van der Waals surface area contributed by atoms with Crippen LogP contribution < -0.4 is 131 Å². The Hall–Kier alpha value is -10.1. The van der Waals surface area contributed by atoms with E-state index in [1.165, 1.54) is 12.5 Å². The van der Waals surface area contributed by atoms with Crippen LogP contribution in [-0.4, -0.2) is 253 Å². The van der Waals surface area contributed by atoms with Gasteiger partial charge in [0.05, 0.1) is 25.5 Å². The number of hydrogen-bond donors (Lipinski definition) is 25. The van der Waals surface area contributed by atoms with Crippen LogP contribution in [0.4, 0.5) is 0 Å². The fourth-order valence-corrected chi connectivity index (χ4v) is 15.3. The zero-order valence-electron chi connectivity index (χ0n) is 84.7. The number of carbonyl (C=O) groups is 17. The highest BCUT2D eigenvalue weighted by molar-refractivity contribution is 6.01. The largest absolute Gasteiger partial charge is 0.368 e. The van der Waals surface area contributed by atoms with E-state index in [-0.39, 0.29) is 176 Å². The van der Waals surface area contributed by atoms with Crippen LogP contribution in [0.25, 0.3) is 0 Å². The number of nitrogens with one attached hydrogen (secondary N) is 17. The first-order chi connectivity index (χ1) is 64.6. The quantitative estimate of drug-likeness (QED) is 0.0345. The summed E-state index contributed by atoms with van der Waals surface area (Å²) in [5.41, 5.74) is 47.5. The molecule has 1 heterocycles. The van der Waals surface area contributed by atoms with Crippen LogP contribution in [0, 0.1) is 47.3 Å². The number of primary amides is 1. The number of imidazole rings is 1. The van der Waals surface area contributed by atoms with E-state index in [0.717, 1.165) is 0 Å². The maximum absolute atomic E-state index is 15.0. The van der Waals surface area contributed by atoms with Crippen LogP contribution in [0.15, 0.2) is 12.5 Å². The van der Waals surface area contributed by atoms with E-state index in [0.29, 0.717) is 89.3 Å². The summed E-state index contributed by atoms with van der Waals surface area (Å²) in [6.07, 6.45) is 9.03. The number of hydrogen-bond acceptors (Lipinski definition) is 25. The van der Waals surface area contributed by atoms with Gasteiger partial charge in [0.25, 0.3) is 0 Å². The van der Waals surface area contributed by atoms with Gasteiger partial charge in [-0.15, -0.1) is 0 Å². The lowest BCUT2D eigenvalue weighted by Gasteiger charge is -2.30. The molecule has 0 aliphatic rings. The molecule has 137 heavy (non-hydrogen) atoms. The van der Waals surface area contributed by atoms with E-state index in [1.807, 2.05) is 111 Å². The van der Waals surface area contributed by atoms with Gasteiger partial charge in [0, 0.05) is 18.3 Å². The van der Waals surface area contributed by atoms with Crippen LogP contribution in [0.3, 0.4) is 0 Å². The molecule has 1 rings (SSSR count). The van der Waals surface area contributed by atoms with Crippen molar-refractivity contribution in [3.63, 3.8) is 0 Å². The first kappa shape index (κ1) is 125. The second-order valence-corrected chi connectivity index (χ2v) is 39.4. The SMILES string of the molecule is CC(C)C[C@H](NC(=O)[C@H](CC(C)C)NC(=O)[C@H](CCCCN)NC(=O)[C@H](CC(C)C)NC(=O)[C@H](CC(C)C)NC(=O)[C@H](CCCCN)NC(=O)[C@H](CCCCN)NC(=O)[C@H](CC(C)C)NC(=O)[C@H](CC(C)C)NC(=O)[C@H](CCCCN)NC(=O)[C@H](CC(C)C)NC(=O)[C@H](CC(C)C)NC(=O)[C@H](CCCCN)NC(=O)CNC(=O)CNC(=O)[C@@H](N)Cc1cnc[nH]1)C(=O)N[C@@H](CCCCN)C(N)=O. The summed E-state index contributed by atoms with van der Waals surface area (Å²) in [5.74, 6) is -14.3.